The van der Waals surface area contributed by atoms with Gasteiger partial charge in [0.1, 0.15) is 0 Å². The van der Waals surface area contributed by atoms with E-state index in [-0.39, 0.29) is 5.91 Å². The Labute approximate surface area is 172 Å². The number of thioether (sulfide) groups is 1. The smallest absolute Gasteiger partial charge is 0.268 e. The zero-order chi connectivity index (χ0) is 19.5. The summed E-state index contributed by atoms with van der Waals surface area (Å²) in [5.74, 6) is -0.110. The number of para-hydroxylation sites is 1. The molecule has 0 spiro atoms. The Morgan fingerprint density at radius 1 is 1.07 bits per heavy atom. The topological polar surface area (TPSA) is 45.6 Å². The molecule has 138 valence electrons. The van der Waals surface area contributed by atoms with Gasteiger partial charge in [0.2, 0.25) is 0 Å². The number of carbonyl (C=O) groups is 1. The first kappa shape index (κ1) is 18.5. The highest BCUT2D eigenvalue weighted by atomic mass is 35.5. The van der Waals surface area contributed by atoms with Crippen LogP contribution >= 0.6 is 23.4 Å². The number of pyridine rings is 1. The van der Waals surface area contributed by atoms with Gasteiger partial charge in [0.25, 0.3) is 5.91 Å². The van der Waals surface area contributed by atoms with E-state index in [0.717, 1.165) is 11.3 Å². The lowest BCUT2D eigenvalue weighted by Crippen LogP contribution is -2.28. The first-order valence-corrected chi connectivity index (χ1v) is 9.85. The number of halogens is 1. The fourth-order valence-corrected chi connectivity index (χ4v) is 3.88. The third kappa shape index (κ3) is 3.86. The second-order valence-corrected chi connectivity index (χ2v) is 7.64. The molecule has 1 fully saturated rings. The number of amidine groups is 1. The van der Waals surface area contributed by atoms with E-state index < -0.39 is 0 Å². The van der Waals surface area contributed by atoms with Gasteiger partial charge in [0, 0.05) is 12.4 Å². The van der Waals surface area contributed by atoms with Gasteiger partial charge in [-0.1, -0.05) is 59.6 Å². The Bertz CT molecular complexity index is 1080. The van der Waals surface area contributed by atoms with Crippen molar-refractivity contribution in [1.82, 2.24) is 4.98 Å². The molecular formula is C22H16ClN3OS. The third-order valence-electron chi connectivity index (χ3n) is 4.16. The quantitative estimate of drug-likeness (QED) is 0.513. The number of aryl methyl sites for hydroxylation is 1. The number of rotatable bonds is 3. The number of amides is 1. The van der Waals surface area contributed by atoms with E-state index in [1.165, 1.54) is 23.5 Å². The van der Waals surface area contributed by atoms with Crippen molar-refractivity contribution >= 4 is 51.9 Å². The second kappa shape index (κ2) is 8.00. The molecule has 1 amide bonds. The minimum Gasteiger partial charge on any atom is -0.268 e. The number of benzene rings is 2. The van der Waals surface area contributed by atoms with Gasteiger partial charge in [-0.25, -0.2) is 4.99 Å². The van der Waals surface area contributed by atoms with Crippen molar-refractivity contribution in [3.05, 3.63) is 94.1 Å². The highest BCUT2D eigenvalue weighted by Gasteiger charge is 2.34. The molecule has 1 aliphatic heterocycles. The summed E-state index contributed by atoms with van der Waals surface area (Å²) in [5.41, 5.74) is 3.48. The average molecular weight is 406 g/mol. The summed E-state index contributed by atoms with van der Waals surface area (Å²) >= 11 is 7.55. The van der Waals surface area contributed by atoms with Gasteiger partial charge in [-0.15, -0.1) is 0 Å². The molecule has 2 heterocycles. The van der Waals surface area contributed by atoms with E-state index in [1.807, 2.05) is 67.6 Å². The number of hydrogen-bond donors (Lipinski definition) is 0. The molecule has 1 aromatic heterocycles. The van der Waals surface area contributed by atoms with E-state index >= 15 is 0 Å². The Kier molecular flexibility index (Phi) is 5.28. The van der Waals surface area contributed by atoms with Crippen molar-refractivity contribution in [3.8, 4) is 0 Å². The van der Waals surface area contributed by atoms with E-state index in [1.54, 1.807) is 17.2 Å². The molecule has 0 saturated carbocycles. The number of carbonyl (C=O) groups excluding carboxylic acids is 1. The van der Waals surface area contributed by atoms with Crippen LogP contribution in [0.1, 0.15) is 11.1 Å². The molecule has 0 unspecified atom stereocenters. The minimum absolute atomic E-state index is 0.110. The molecule has 3 aromatic rings. The number of aliphatic imine (C=N–C) groups is 1. The summed E-state index contributed by atoms with van der Waals surface area (Å²) in [5, 5.41) is 0.995. The maximum atomic E-state index is 13.2. The molecule has 1 aliphatic rings. The zero-order valence-corrected chi connectivity index (χ0v) is 16.6. The van der Waals surface area contributed by atoms with Crippen LogP contribution in [0.25, 0.3) is 6.08 Å². The lowest BCUT2D eigenvalue weighted by molar-refractivity contribution is -0.113. The molecule has 0 radical (unpaired) electrons. The lowest BCUT2D eigenvalue weighted by Gasteiger charge is -2.15. The van der Waals surface area contributed by atoms with Gasteiger partial charge >= 0.3 is 0 Å². The Hall–Kier alpha value is -2.89. The van der Waals surface area contributed by atoms with Crippen LogP contribution in [0, 0.1) is 6.92 Å². The largest absolute Gasteiger partial charge is 0.271 e. The predicted octanol–water partition coefficient (Wildman–Crippen LogP) is 5.85. The molecule has 0 atom stereocenters. The summed E-state index contributed by atoms with van der Waals surface area (Å²) in [4.78, 5) is 24.0. The van der Waals surface area contributed by atoms with Crippen molar-refractivity contribution < 1.29 is 4.79 Å². The van der Waals surface area contributed by atoms with Crippen LogP contribution < -0.4 is 4.90 Å². The third-order valence-corrected chi connectivity index (χ3v) is 5.42. The molecule has 0 aliphatic carbocycles. The van der Waals surface area contributed by atoms with Crippen LogP contribution in [0.4, 0.5) is 11.4 Å². The summed E-state index contributed by atoms with van der Waals surface area (Å²) < 4.78 is 0. The van der Waals surface area contributed by atoms with Gasteiger partial charge in [0.05, 0.1) is 21.3 Å². The van der Waals surface area contributed by atoms with Crippen molar-refractivity contribution in [3.63, 3.8) is 0 Å². The normalized spacial score (nSPS) is 16.9. The van der Waals surface area contributed by atoms with Crippen molar-refractivity contribution in [2.45, 2.75) is 6.92 Å². The molecule has 6 heteroatoms. The molecule has 4 nitrogen and oxygen atoms in total. The highest BCUT2D eigenvalue weighted by molar-refractivity contribution is 8.19. The SMILES string of the molecule is Cc1ccc(/C=C2\SC(=Nc3ccncc3Cl)N(c3ccccc3)C2=O)cc1. The van der Waals surface area contributed by atoms with Crippen LogP contribution in [0.15, 0.2) is 83.0 Å². The van der Waals surface area contributed by atoms with Gasteiger partial charge in [-0.05, 0) is 48.5 Å². The van der Waals surface area contributed by atoms with Gasteiger partial charge in [0.15, 0.2) is 5.17 Å². The lowest BCUT2D eigenvalue weighted by atomic mass is 10.1. The standard InChI is InChI=1S/C22H16ClN3OS/c1-15-7-9-16(10-8-15)13-20-21(27)26(17-5-3-2-4-6-17)22(28-20)25-19-11-12-24-14-18(19)23/h2-14H,1H3/b20-13-,25-22?. The summed E-state index contributed by atoms with van der Waals surface area (Å²) in [6.45, 7) is 2.03. The fraction of sp³-hybridized carbons (Fsp3) is 0.0455. The molecular weight excluding hydrogens is 390 g/mol. The minimum atomic E-state index is -0.110. The second-order valence-electron chi connectivity index (χ2n) is 6.22. The van der Waals surface area contributed by atoms with Crippen molar-refractivity contribution in [2.24, 2.45) is 4.99 Å². The first-order chi connectivity index (χ1) is 13.6. The summed E-state index contributed by atoms with van der Waals surface area (Å²) in [6, 6.07) is 19.2. The number of anilines is 1. The molecule has 28 heavy (non-hydrogen) atoms. The Morgan fingerprint density at radius 3 is 2.54 bits per heavy atom. The van der Waals surface area contributed by atoms with E-state index in [9.17, 15) is 4.79 Å². The van der Waals surface area contributed by atoms with Crippen LogP contribution in [-0.4, -0.2) is 16.1 Å². The van der Waals surface area contributed by atoms with Crippen LogP contribution in [-0.2, 0) is 4.79 Å². The summed E-state index contributed by atoms with van der Waals surface area (Å²) in [6.07, 6.45) is 5.06. The maximum absolute atomic E-state index is 13.2. The molecule has 0 N–H and O–H groups in total. The Morgan fingerprint density at radius 2 is 1.82 bits per heavy atom. The predicted molar refractivity (Wildman–Crippen MR) is 117 cm³/mol. The van der Waals surface area contributed by atoms with Gasteiger partial charge < -0.3 is 0 Å². The van der Waals surface area contributed by atoms with Crippen LogP contribution in [0.2, 0.25) is 5.02 Å². The Balaban J connectivity index is 1.78. The maximum Gasteiger partial charge on any atom is 0.271 e. The number of hydrogen-bond acceptors (Lipinski definition) is 4. The van der Waals surface area contributed by atoms with E-state index in [0.29, 0.717) is 20.8 Å². The average Bonchev–Trinajstić information content (AvgIpc) is 3.01. The fourth-order valence-electron chi connectivity index (χ4n) is 2.73. The number of nitrogens with zero attached hydrogens (tertiary/aromatic N) is 3. The van der Waals surface area contributed by atoms with E-state index in [2.05, 4.69) is 9.98 Å². The van der Waals surface area contributed by atoms with Crippen LogP contribution in [0.5, 0.6) is 0 Å². The zero-order valence-electron chi connectivity index (χ0n) is 15.0. The molecule has 0 bridgehead atoms. The van der Waals surface area contributed by atoms with Gasteiger partial charge in [-0.3, -0.25) is 14.7 Å². The van der Waals surface area contributed by atoms with Crippen LogP contribution in [0.3, 0.4) is 0 Å². The monoisotopic (exact) mass is 405 g/mol. The van der Waals surface area contributed by atoms with Crippen molar-refractivity contribution in [1.29, 1.82) is 0 Å². The molecule has 4 rings (SSSR count). The first-order valence-electron chi connectivity index (χ1n) is 8.66. The molecule has 1 saturated heterocycles. The number of aromatic nitrogens is 1. The van der Waals surface area contributed by atoms with E-state index in [4.69, 9.17) is 11.6 Å². The highest BCUT2D eigenvalue weighted by Crippen LogP contribution is 2.38. The van der Waals surface area contributed by atoms with Gasteiger partial charge in [-0.2, -0.15) is 0 Å². The molecule has 2 aromatic carbocycles. The summed E-state index contributed by atoms with van der Waals surface area (Å²) in [7, 11) is 0. The van der Waals surface area contributed by atoms with Crippen molar-refractivity contribution in [2.75, 3.05) is 4.90 Å².